The third kappa shape index (κ3) is 3.76. The molecule has 0 aliphatic carbocycles. The highest BCUT2D eigenvalue weighted by molar-refractivity contribution is 5.52. The molecule has 3 aromatic carbocycles. The summed E-state index contributed by atoms with van der Waals surface area (Å²) >= 11 is 0. The van der Waals surface area contributed by atoms with Gasteiger partial charge in [0.15, 0.2) is 0 Å². The van der Waals surface area contributed by atoms with Gasteiger partial charge in [-0.25, -0.2) is 0 Å². The van der Waals surface area contributed by atoms with E-state index in [1.165, 1.54) is 16.7 Å². The zero-order chi connectivity index (χ0) is 19.4. The lowest BCUT2D eigenvalue weighted by Crippen LogP contribution is -2.29. The quantitative estimate of drug-likeness (QED) is 0.538. The van der Waals surface area contributed by atoms with Gasteiger partial charge in [-0.1, -0.05) is 60.5 Å². The molecule has 27 heavy (non-hydrogen) atoms. The monoisotopic (exact) mass is 353 g/mol. The van der Waals surface area contributed by atoms with E-state index in [4.69, 9.17) is 11.2 Å². The van der Waals surface area contributed by atoms with Gasteiger partial charge in [0.05, 0.1) is 12.5 Å². The van der Waals surface area contributed by atoms with Crippen molar-refractivity contribution in [2.75, 3.05) is 7.11 Å². The lowest BCUT2D eigenvalue weighted by molar-refractivity contribution is 0.413. The van der Waals surface area contributed by atoms with Crippen molar-refractivity contribution in [2.45, 2.75) is 25.7 Å². The predicted molar refractivity (Wildman–Crippen MR) is 113 cm³/mol. The fourth-order valence-corrected chi connectivity index (χ4v) is 3.49. The van der Waals surface area contributed by atoms with E-state index >= 15 is 0 Å². The van der Waals surface area contributed by atoms with Gasteiger partial charge < -0.3 is 4.74 Å². The van der Waals surface area contributed by atoms with Crippen LogP contribution in [0.2, 0.25) is 0 Å². The van der Waals surface area contributed by atoms with Gasteiger partial charge in [-0.15, -0.1) is 6.42 Å². The minimum absolute atomic E-state index is 0.579. The number of methoxy groups -OCH3 is 1. The SMILES string of the molecule is C#CC(Cc1ccc(C)c(C)c1)(c1ccc([CH2])cc1)c1cccc(OC)c1. The van der Waals surface area contributed by atoms with Crippen molar-refractivity contribution in [3.8, 4) is 18.1 Å². The highest BCUT2D eigenvalue weighted by atomic mass is 16.5. The van der Waals surface area contributed by atoms with Gasteiger partial charge in [-0.05, 0) is 72.7 Å². The van der Waals surface area contributed by atoms with Gasteiger partial charge in [0.2, 0.25) is 0 Å². The van der Waals surface area contributed by atoms with E-state index in [9.17, 15) is 0 Å². The molecule has 1 heteroatoms. The predicted octanol–water partition coefficient (Wildman–Crippen LogP) is 5.66. The van der Waals surface area contributed by atoms with Crippen LogP contribution in [0.4, 0.5) is 0 Å². The van der Waals surface area contributed by atoms with Crippen molar-refractivity contribution in [2.24, 2.45) is 0 Å². The van der Waals surface area contributed by atoms with Gasteiger partial charge in [-0.3, -0.25) is 0 Å². The number of benzene rings is 3. The number of aryl methyl sites for hydroxylation is 2. The maximum Gasteiger partial charge on any atom is 0.119 e. The Labute approximate surface area is 163 Å². The van der Waals surface area contributed by atoms with Crippen LogP contribution in [0.5, 0.6) is 5.75 Å². The van der Waals surface area contributed by atoms with Gasteiger partial charge in [-0.2, -0.15) is 0 Å². The second-order valence-corrected chi connectivity index (χ2v) is 7.07. The minimum Gasteiger partial charge on any atom is -0.497 e. The summed E-state index contributed by atoms with van der Waals surface area (Å²) in [5.74, 6) is 3.93. The molecule has 1 unspecified atom stereocenters. The van der Waals surface area contributed by atoms with Crippen LogP contribution in [0, 0.1) is 33.1 Å². The Morgan fingerprint density at radius 2 is 1.67 bits per heavy atom. The van der Waals surface area contributed by atoms with E-state index in [1.54, 1.807) is 7.11 Å². The molecule has 1 nitrogen and oxygen atoms in total. The minimum atomic E-state index is -0.579. The first-order chi connectivity index (χ1) is 13.0. The van der Waals surface area contributed by atoms with Crippen molar-refractivity contribution >= 4 is 0 Å². The zero-order valence-corrected chi connectivity index (χ0v) is 16.3. The van der Waals surface area contributed by atoms with Crippen LogP contribution in [-0.2, 0) is 11.8 Å². The van der Waals surface area contributed by atoms with Crippen molar-refractivity contribution in [1.82, 2.24) is 0 Å². The molecule has 0 fully saturated rings. The summed E-state index contributed by atoms with van der Waals surface area (Å²) in [6.45, 7) is 8.27. The topological polar surface area (TPSA) is 9.23 Å². The average Bonchev–Trinajstić information content (AvgIpc) is 2.69. The zero-order valence-electron chi connectivity index (χ0n) is 16.3. The fourth-order valence-electron chi connectivity index (χ4n) is 3.49. The van der Waals surface area contributed by atoms with Crippen LogP contribution < -0.4 is 4.74 Å². The second-order valence-electron chi connectivity index (χ2n) is 7.07. The fraction of sp³-hybridized carbons (Fsp3) is 0.192. The molecule has 0 spiro atoms. The number of rotatable bonds is 5. The Balaban J connectivity index is 2.19. The highest BCUT2D eigenvalue weighted by Crippen LogP contribution is 2.37. The number of hydrogen-bond donors (Lipinski definition) is 0. The van der Waals surface area contributed by atoms with E-state index in [1.807, 2.05) is 30.3 Å². The summed E-state index contributed by atoms with van der Waals surface area (Å²) < 4.78 is 5.46. The van der Waals surface area contributed by atoms with Crippen LogP contribution in [0.1, 0.15) is 33.4 Å². The van der Waals surface area contributed by atoms with Gasteiger partial charge in [0.25, 0.3) is 0 Å². The lowest BCUT2D eigenvalue weighted by atomic mass is 9.71. The third-order valence-electron chi connectivity index (χ3n) is 5.30. The van der Waals surface area contributed by atoms with E-state index in [0.717, 1.165) is 22.4 Å². The standard InChI is InChI=1S/C26H25O/c1-6-26(23-14-10-19(2)11-15-23,24-8-7-9-25(17-24)27-5)18-22-13-12-20(3)21(4)16-22/h1,7-17H,2,18H2,3-5H3. The van der Waals surface area contributed by atoms with Crippen molar-refractivity contribution in [3.63, 3.8) is 0 Å². The maximum absolute atomic E-state index is 6.21. The van der Waals surface area contributed by atoms with Crippen LogP contribution >= 0.6 is 0 Å². The first-order valence-electron chi connectivity index (χ1n) is 9.09. The molecule has 0 N–H and O–H groups in total. The molecule has 1 atom stereocenters. The summed E-state index contributed by atoms with van der Waals surface area (Å²) in [6, 6.07) is 22.8. The third-order valence-corrected chi connectivity index (χ3v) is 5.30. The van der Waals surface area contributed by atoms with Crippen molar-refractivity contribution in [3.05, 3.63) is 107 Å². The number of hydrogen-bond acceptors (Lipinski definition) is 1. The van der Waals surface area contributed by atoms with Crippen LogP contribution in [0.15, 0.2) is 66.7 Å². The molecular formula is C26H25O. The van der Waals surface area contributed by atoms with Gasteiger partial charge >= 0.3 is 0 Å². The van der Waals surface area contributed by atoms with Crippen molar-refractivity contribution in [1.29, 1.82) is 0 Å². The van der Waals surface area contributed by atoms with Gasteiger partial charge in [0.1, 0.15) is 5.75 Å². The molecule has 3 aromatic rings. The molecule has 1 radical (unpaired) electrons. The molecular weight excluding hydrogens is 328 g/mol. The first kappa shape index (κ1) is 18.8. The summed E-state index contributed by atoms with van der Waals surface area (Å²) in [5.41, 5.74) is 6.32. The Morgan fingerprint density at radius 3 is 2.30 bits per heavy atom. The van der Waals surface area contributed by atoms with E-state index in [0.29, 0.717) is 6.42 Å². The molecule has 0 bridgehead atoms. The largest absolute Gasteiger partial charge is 0.497 e. The summed E-state index contributed by atoms with van der Waals surface area (Å²) in [5, 5.41) is 0. The van der Waals surface area contributed by atoms with Crippen LogP contribution in [0.25, 0.3) is 0 Å². The Morgan fingerprint density at radius 1 is 0.926 bits per heavy atom. The molecule has 0 aliphatic rings. The Hall–Kier alpha value is -2.98. The molecule has 0 aromatic heterocycles. The second kappa shape index (κ2) is 7.72. The average molecular weight is 353 g/mol. The number of terminal acetylenes is 1. The van der Waals surface area contributed by atoms with Crippen molar-refractivity contribution < 1.29 is 4.74 Å². The highest BCUT2D eigenvalue weighted by Gasteiger charge is 2.33. The molecule has 0 heterocycles. The molecule has 0 saturated heterocycles. The number of ether oxygens (including phenoxy) is 1. The maximum atomic E-state index is 6.21. The molecule has 0 saturated carbocycles. The van der Waals surface area contributed by atoms with E-state index < -0.39 is 5.41 Å². The lowest BCUT2D eigenvalue weighted by Gasteiger charge is -2.31. The first-order valence-corrected chi connectivity index (χ1v) is 9.09. The van der Waals surface area contributed by atoms with Crippen LogP contribution in [-0.4, -0.2) is 7.11 Å². The smallest absolute Gasteiger partial charge is 0.119 e. The summed E-state index contributed by atoms with van der Waals surface area (Å²) in [7, 11) is 1.68. The normalized spacial score (nSPS) is 12.9. The molecule has 0 amide bonds. The van der Waals surface area contributed by atoms with Gasteiger partial charge in [0, 0.05) is 0 Å². The molecule has 135 valence electrons. The molecule has 3 rings (SSSR count). The summed E-state index contributed by atoms with van der Waals surface area (Å²) in [6.07, 6.45) is 6.93. The van der Waals surface area contributed by atoms with E-state index in [2.05, 4.69) is 63.1 Å². The summed E-state index contributed by atoms with van der Waals surface area (Å²) in [4.78, 5) is 0. The van der Waals surface area contributed by atoms with Crippen LogP contribution in [0.3, 0.4) is 0 Å². The molecule has 0 aliphatic heterocycles. The van der Waals surface area contributed by atoms with E-state index in [-0.39, 0.29) is 0 Å². The Kier molecular flexibility index (Phi) is 5.38. The Bertz CT molecular complexity index is 976.